The zero-order valence-electron chi connectivity index (χ0n) is 6.34. The fourth-order valence-electron chi connectivity index (χ4n) is 0.835. The van der Waals surface area contributed by atoms with Crippen LogP contribution in [0.1, 0.15) is 13.8 Å². The van der Waals surface area contributed by atoms with E-state index in [0.717, 1.165) is 0 Å². The first-order chi connectivity index (χ1) is 4.22. The molecule has 0 saturated heterocycles. The molecule has 0 fully saturated rings. The van der Waals surface area contributed by atoms with E-state index in [9.17, 15) is 0 Å². The van der Waals surface area contributed by atoms with Gasteiger partial charge in [-0.2, -0.15) is 0 Å². The molecule has 0 N–H and O–H groups in total. The molecule has 0 amide bonds. The van der Waals surface area contributed by atoms with Crippen LogP contribution < -0.4 is 24.0 Å². The summed E-state index contributed by atoms with van der Waals surface area (Å²) in [7, 11) is 0. The lowest BCUT2D eigenvalue weighted by molar-refractivity contribution is -0.478. The van der Waals surface area contributed by atoms with Gasteiger partial charge in [0, 0.05) is 13.0 Å². The molecule has 1 heterocycles. The van der Waals surface area contributed by atoms with Crippen LogP contribution in [0, 0.1) is 0 Å². The van der Waals surface area contributed by atoms with Crippen LogP contribution in [-0.4, -0.2) is 17.3 Å². The number of allylic oxidation sites excluding steroid dienone is 2. The molecule has 56 valence electrons. The summed E-state index contributed by atoms with van der Waals surface area (Å²) in [6.07, 6.45) is 6.12. The van der Waals surface area contributed by atoms with Gasteiger partial charge in [-0.05, 0) is 12.5 Å². The Balaban J connectivity index is 0.000000810. The number of hydrogen-bond donors (Lipinski definition) is 0. The largest absolute Gasteiger partial charge is 1.00 e. The Morgan fingerprint density at radius 3 is 2.60 bits per heavy atom. The van der Waals surface area contributed by atoms with Crippen LogP contribution in [0.25, 0.3) is 0 Å². The van der Waals surface area contributed by atoms with Crippen molar-refractivity contribution < 1.29 is 28.6 Å². The zero-order valence-corrected chi connectivity index (χ0v) is 8.50. The van der Waals surface area contributed by atoms with E-state index in [1.54, 1.807) is 0 Å². The molecule has 1 aliphatic rings. The first-order valence-corrected chi connectivity index (χ1v) is 3.15. The van der Waals surface area contributed by atoms with Gasteiger partial charge in [-0.1, -0.05) is 6.08 Å². The highest BCUT2D eigenvalue weighted by atomic mass is 127. The first kappa shape index (κ1) is 9.88. The minimum atomic E-state index is 0. The van der Waals surface area contributed by atoms with Crippen LogP contribution in [0.2, 0.25) is 0 Å². The Hall–Kier alpha value is -0.120. The summed E-state index contributed by atoms with van der Waals surface area (Å²) in [6.45, 7) is 8.09. The molecule has 1 nitrogen and oxygen atoms in total. The Labute approximate surface area is 79.2 Å². The molecule has 2 heteroatoms. The lowest BCUT2D eigenvalue weighted by Gasteiger charge is -2.09. The summed E-state index contributed by atoms with van der Waals surface area (Å²) in [6, 6.07) is 0.468. The van der Waals surface area contributed by atoms with Crippen LogP contribution in [0.4, 0.5) is 0 Å². The van der Waals surface area contributed by atoms with E-state index in [4.69, 9.17) is 0 Å². The van der Waals surface area contributed by atoms with E-state index in [2.05, 4.69) is 26.6 Å². The Morgan fingerprint density at radius 1 is 1.60 bits per heavy atom. The van der Waals surface area contributed by atoms with Gasteiger partial charge in [0.15, 0.2) is 12.2 Å². The number of nitrogens with zero attached hydrogens (tertiary/aromatic N) is 1. The van der Waals surface area contributed by atoms with Crippen molar-refractivity contribution in [2.45, 2.75) is 19.9 Å². The van der Waals surface area contributed by atoms with E-state index >= 15 is 0 Å². The van der Waals surface area contributed by atoms with Gasteiger partial charge in [0.2, 0.25) is 0 Å². The van der Waals surface area contributed by atoms with Gasteiger partial charge in [0.25, 0.3) is 0 Å². The third-order valence-electron chi connectivity index (χ3n) is 1.79. The quantitative estimate of drug-likeness (QED) is 0.365. The normalized spacial score (nSPS) is 23.6. The molecule has 1 rings (SSSR count). The summed E-state index contributed by atoms with van der Waals surface area (Å²) < 4.78 is 1.95. The van der Waals surface area contributed by atoms with Crippen molar-refractivity contribution in [1.29, 1.82) is 0 Å². The van der Waals surface area contributed by atoms with Crippen molar-refractivity contribution in [2.24, 2.45) is 0 Å². The van der Waals surface area contributed by atoms with Crippen LogP contribution >= 0.6 is 0 Å². The van der Waals surface area contributed by atoms with Crippen LogP contribution in [0.3, 0.4) is 0 Å². The monoisotopic (exact) mass is 249 g/mol. The first-order valence-electron chi connectivity index (χ1n) is 3.15. The van der Waals surface area contributed by atoms with E-state index in [0.29, 0.717) is 6.04 Å². The third-order valence-corrected chi connectivity index (χ3v) is 1.79. The van der Waals surface area contributed by atoms with Crippen molar-refractivity contribution in [3.8, 4) is 0 Å². The smallest absolute Gasteiger partial charge is 0.176 e. The minimum absolute atomic E-state index is 0. The van der Waals surface area contributed by atoms with Gasteiger partial charge in [-0.15, -0.1) is 0 Å². The summed E-state index contributed by atoms with van der Waals surface area (Å²) in [4.78, 5) is 0. The van der Waals surface area contributed by atoms with Gasteiger partial charge in [-0.25, -0.2) is 4.58 Å². The van der Waals surface area contributed by atoms with Gasteiger partial charge < -0.3 is 24.0 Å². The fourth-order valence-corrected chi connectivity index (χ4v) is 0.835. The van der Waals surface area contributed by atoms with E-state index in [1.807, 2.05) is 16.9 Å². The van der Waals surface area contributed by atoms with Crippen molar-refractivity contribution >= 4 is 6.72 Å². The van der Waals surface area contributed by atoms with Crippen molar-refractivity contribution in [2.75, 3.05) is 0 Å². The summed E-state index contributed by atoms with van der Waals surface area (Å²) >= 11 is 0. The van der Waals surface area contributed by atoms with Gasteiger partial charge in [0.1, 0.15) is 6.72 Å². The SMILES string of the molecule is C=[N+]1C=CC=C(C)C1C.[I-]. The lowest BCUT2D eigenvalue weighted by Crippen LogP contribution is -3.00. The predicted octanol–water partition coefficient (Wildman–Crippen LogP) is -1.43. The van der Waals surface area contributed by atoms with Crippen molar-refractivity contribution in [1.82, 2.24) is 0 Å². The predicted molar refractivity (Wildman–Crippen MR) is 39.7 cm³/mol. The molecule has 0 bridgehead atoms. The number of rotatable bonds is 0. The molecule has 0 aromatic heterocycles. The molecule has 1 unspecified atom stereocenters. The molecular formula is C8H12IN. The molecule has 1 atom stereocenters. The lowest BCUT2D eigenvalue weighted by atomic mass is 10.1. The maximum atomic E-state index is 3.83. The van der Waals surface area contributed by atoms with Gasteiger partial charge in [-0.3, -0.25) is 0 Å². The molecule has 0 aliphatic carbocycles. The highest BCUT2D eigenvalue weighted by Gasteiger charge is 2.14. The minimum Gasteiger partial charge on any atom is -1.00 e. The molecule has 0 aromatic carbocycles. The average Bonchev–Trinajstić information content (AvgIpc) is 1.83. The van der Waals surface area contributed by atoms with E-state index < -0.39 is 0 Å². The number of halogens is 1. The topological polar surface area (TPSA) is 3.01 Å². The van der Waals surface area contributed by atoms with Crippen LogP contribution in [0.15, 0.2) is 23.9 Å². The second-order valence-electron chi connectivity index (χ2n) is 2.44. The zero-order chi connectivity index (χ0) is 6.85. The molecule has 0 saturated carbocycles. The summed E-state index contributed by atoms with van der Waals surface area (Å²) in [5.74, 6) is 0. The Kier molecular flexibility index (Phi) is 3.86. The Morgan fingerprint density at radius 2 is 2.20 bits per heavy atom. The van der Waals surface area contributed by atoms with Crippen molar-refractivity contribution in [3.05, 3.63) is 23.9 Å². The van der Waals surface area contributed by atoms with Gasteiger partial charge >= 0.3 is 0 Å². The van der Waals surface area contributed by atoms with Crippen LogP contribution in [0.5, 0.6) is 0 Å². The number of hydrogen-bond acceptors (Lipinski definition) is 0. The second kappa shape index (κ2) is 3.91. The summed E-state index contributed by atoms with van der Waals surface area (Å²) in [5, 5.41) is 0. The molecule has 1 aliphatic heterocycles. The maximum Gasteiger partial charge on any atom is 0.176 e. The summed E-state index contributed by atoms with van der Waals surface area (Å²) in [5.41, 5.74) is 1.37. The van der Waals surface area contributed by atoms with Gasteiger partial charge in [0.05, 0.1) is 0 Å². The molecular weight excluding hydrogens is 237 g/mol. The maximum absolute atomic E-state index is 3.83. The highest BCUT2D eigenvalue weighted by molar-refractivity contribution is 5.22. The van der Waals surface area contributed by atoms with E-state index in [-0.39, 0.29) is 24.0 Å². The molecule has 0 aromatic rings. The standard InChI is InChI=1S/C8H12N.HI/c1-7-5-4-6-9(3)8(7)2;/h4-6,8H,3H2,1-2H3;1H/q+1;/p-1. The van der Waals surface area contributed by atoms with Crippen LogP contribution in [-0.2, 0) is 0 Å². The Bertz CT molecular complexity index is 191. The van der Waals surface area contributed by atoms with E-state index in [1.165, 1.54) is 5.57 Å². The second-order valence-corrected chi connectivity index (χ2v) is 2.44. The third kappa shape index (κ3) is 1.94. The fraction of sp³-hybridized carbons (Fsp3) is 0.375. The molecule has 10 heavy (non-hydrogen) atoms. The molecule has 0 spiro atoms. The average molecular weight is 249 g/mol. The molecule has 0 radical (unpaired) electrons. The highest BCUT2D eigenvalue weighted by Crippen LogP contribution is 2.08. The van der Waals surface area contributed by atoms with Crippen molar-refractivity contribution in [3.63, 3.8) is 0 Å².